The van der Waals surface area contributed by atoms with E-state index in [2.05, 4.69) is 30.7 Å². The Morgan fingerprint density at radius 3 is 2.74 bits per heavy atom. The van der Waals surface area contributed by atoms with Crippen LogP contribution in [0, 0.1) is 10.7 Å². The monoisotopic (exact) mass is 332 g/mol. The summed E-state index contributed by atoms with van der Waals surface area (Å²) in [6.45, 7) is 7.00. The minimum Gasteiger partial charge on any atom is -0.493 e. The molecule has 0 fully saturated rings. The third kappa shape index (κ3) is 5.06. The summed E-state index contributed by atoms with van der Waals surface area (Å²) in [6, 6.07) is 7.92. The number of rotatable bonds is 7. The van der Waals surface area contributed by atoms with Crippen LogP contribution in [0.15, 0.2) is 29.1 Å². The minimum absolute atomic E-state index is 0.106. The van der Waals surface area contributed by atoms with E-state index in [1.165, 1.54) is 0 Å². The van der Waals surface area contributed by atoms with E-state index in [9.17, 15) is 4.79 Å². The summed E-state index contributed by atoms with van der Waals surface area (Å²) in [7, 11) is 0. The third-order valence-electron chi connectivity index (χ3n) is 3.49. The summed E-state index contributed by atoms with van der Waals surface area (Å²) in [5.74, 6) is 1.32. The molecule has 0 spiro atoms. The smallest absolute Gasteiger partial charge is 0.255 e. The highest BCUT2D eigenvalue weighted by atomic mass is 32.1. The Balaban J connectivity index is 2.27. The molecule has 0 saturated heterocycles. The van der Waals surface area contributed by atoms with Gasteiger partial charge in [0.2, 0.25) is 0 Å². The van der Waals surface area contributed by atoms with Gasteiger partial charge in [-0.15, -0.1) is 0 Å². The first kappa shape index (κ1) is 17.5. The Bertz CT molecular complexity index is 762. The van der Waals surface area contributed by atoms with Crippen LogP contribution in [0.1, 0.15) is 44.0 Å². The van der Waals surface area contributed by atoms with Gasteiger partial charge in [-0.05, 0) is 42.3 Å². The first-order chi connectivity index (χ1) is 11.0. The molecule has 4 nitrogen and oxygen atoms in total. The Labute approximate surface area is 141 Å². The van der Waals surface area contributed by atoms with E-state index in [0.29, 0.717) is 23.7 Å². The Morgan fingerprint density at radius 1 is 1.26 bits per heavy atom. The van der Waals surface area contributed by atoms with Crippen LogP contribution in [0.5, 0.6) is 5.75 Å². The largest absolute Gasteiger partial charge is 0.493 e. The van der Waals surface area contributed by atoms with Gasteiger partial charge in [0.05, 0.1) is 6.61 Å². The Hall–Kier alpha value is -1.88. The molecular weight excluding hydrogens is 308 g/mol. The first-order valence-electron chi connectivity index (χ1n) is 8.05. The van der Waals surface area contributed by atoms with Crippen molar-refractivity contribution >= 4 is 12.2 Å². The van der Waals surface area contributed by atoms with Crippen LogP contribution in [0.3, 0.4) is 0 Å². The molecule has 2 N–H and O–H groups in total. The van der Waals surface area contributed by atoms with Crippen molar-refractivity contribution in [1.29, 1.82) is 0 Å². The standard InChI is InChI=1S/C18H24N2O2S/c1-4-6-16-15(17(21)20-18(23)19-16)10-13-7-5-8-14(9-13)22-11-12(2)3/h5,7-9,12H,4,6,10-11H2,1-3H3,(H2,19,20,21,23). The summed E-state index contributed by atoms with van der Waals surface area (Å²) in [5, 5.41) is 0. The lowest BCUT2D eigenvalue weighted by Crippen LogP contribution is -2.18. The maximum absolute atomic E-state index is 12.3. The van der Waals surface area contributed by atoms with Gasteiger partial charge in [-0.1, -0.05) is 39.3 Å². The van der Waals surface area contributed by atoms with Crippen molar-refractivity contribution in [3.63, 3.8) is 0 Å². The number of ether oxygens (including phenoxy) is 1. The fourth-order valence-electron chi connectivity index (χ4n) is 2.42. The number of nitrogens with one attached hydrogen (secondary N) is 2. The zero-order chi connectivity index (χ0) is 16.8. The average Bonchev–Trinajstić information content (AvgIpc) is 2.49. The third-order valence-corrected chi connectivity index (χ3v) is 3.70. The van der Waals surface area contributed by atoms with Gasteiger partial charge in [0.25, 0.3) is 5.56 Å². The van der Waals surface area contributed by atoms with Crippen LogP contribution in [-0.2, 0) is 12.8 Å². The lowest BCUT2D eigenvalue weighted by molar-refractivity contribution is 0.271. The SMILES string of the molecule is CCCc1[nH]c(=S)[nH]c(=O)c1Cc1cccc(OCC(C)C)c1. The second-order valence-corrected chi connectivity index (χ2v) is 6.55. The molecular formula is C18H24N2O2S. The quantitative estimate of drug-likeness (QED) is 0.753. The number of hydrogen-bond donors (Lipinski definition) is 2. The van der Waals surface area contributed by atoms with Crippen LogP contribution in [0.25, 0.3) is 0 Å². The molecule has 0 amide bonds. The van der Waals surface area contributed by atoms with Crippen LogP contribution < -0.4 is 10.3 Å². The van der Waals surface area contributed by atoms with Gasteiger partial charge < -0.3 is 9.72 Å². The van der Waals surface area contributed by atoms with E-state index >= 15 is 0 Å². The maximum atomic E-state index is 12.3. The van der Waals surface area contributed by atoms with Crippen molar-refractivity contribution in [3.8, 4) is 5.75 Å². The van der Waals surface area contributed by atoms with Gasteiger partial charge in [-0.2, -0.15) is 0 Å². The number of aryl methyl sites for hydroxylation is 1. The molecule has 1 aromatic heterocycles. The molecule has 1 heterocycles. The van der Waals surface area contributed by atoms with Gasteiger partial charge in [0.1, 0.15) is 5.75 Å². The molecule has 2 aromatic rings. The predicted molar refractivity (Wildman–Crippen MR) is 95.8 cm³/mol. The molecule has 5 heteroatoms. The topological polar surface area (TPSA) is 57.9 Å². The lowest BCUT2D eigenvalue weighted by Gasteiger charge is -2.11. The molecule has 0 atom stereocenters. The van der Waals surface area contributed by atoms with Crippen molar-refractivity contribution in [1.82, 2.24) is 9.97 Å². The van der Waals surface area contributed by atoms with E-state index in [-0.39, 0.29) is 5.56 Å². The summed E-state index contributed by atoms with van der Waals surface area (Å²) in [4.78, 5) is 18.1. The van der Waals surface area contributed by atoms with E-state index in [1.54, 1.807) is 0 Å². The molecule has 124 valence electrons. The second kappa shape index (κ2) is 8.11. The number of H-pyrrole nitrogens is 2. The van der Waals surface area contributed by atoms with E-state index in [4.69, 9.17) is 17.0 Å². The predicted octanol–water partition coefficient (Wildman–Crippen LogP) is 4.01. The molecule has 0 aliphatic rings. The summed E-state index contributed by atoms with van der Waals surface area (Å²) in [5.41, 5.74) is 2.63. The molecule has 0 radical (unpaired) electrons. The number of aromatic nitrogens is 2. The second-order valence-electron chi connectivity index (χ2n) is 6.14. The van der Waals surface area contributed by atoms with Gasteiger partial charge in [-0.25, -0.2) is 0 Å². The highest BCUT2D eigenvalue weighted by molar-refractivity contribution is 7.71. The first-order valence-corrected chi connectivity index (χ1v) is 8.46. The maximum Gasteiger partial charge on any atom is 0.255 e. The summed E-state index contributed by atoms with van der Waals surface area (Å²) in [6.07, 6.45) is 2.33. The fraction of sp³-hybridized carbons (Fsp3) is 0.444. The molecule has 0 saturated carbocycles. The number of hydrogen-bond acceptors (Lipinski definition) is 3. The van der Waals surface area contributed by atoms with E-state index < -0.39 is 0 Å². The number of benzene rings is 1. The van der Waals surface area contributed by atoms with Crippen molar-refractivity contribution in [3.05, 3.63) is 56.2 Å². The highest BCUT2D eigenvalue weighted by Crippen LogP contribution is 2.17. The zero-order valence-electron chi connectivity index (χ0n) is 13.9. The van der Waals surface area contributed by atoms with Gasteiger partial charge in [0.15, 0.2) is 4.77 Å². The highest BCUT2D eigenvalue weighted by Gasteiger charge is 2.10. The Morgan fingerprint density at radius 2 is 2.04 bits per heavy atom. The summed E-state index contributed by atoms with van der Waals surface area (Å²) >= 11 is 5.07. The van der Waals surface area contributed by atoms with Crippen LogP contribution in [0.2, 0.25) is 0 Å². The normalized spacial score (nSPS) is 11.0. The van der Waals surface area contributed by atoms with Crippen molar-refractivity contribution < 1.29 is 4.74 Å². The van der Waals surface area contributed by atoms with E-state index in [1.807, 2.05) is 24.3 Å². The molecule has 0 unspecified atom stereocenters. The molecule has 0 aliphatic heterocycles. The van der Waals surface area contributed by atoms with Crippen LogP contribution in [0.4, 0.5) is 0 Å². The van der Waals surface area contributed by atoms with Crippen molar-refractivity contribution in [2.24, 2.45) is 5.92 Å². The van der Waals surface area contributed by atoms with Crippen molar-refractivity contribution in [2.45, 2.75) is 40.0 Å². The minimum atomic E-state index is -0.106. The van der Waals surface area contributed by atoms with Crippen LogP contribution >= 0.6 is 12.2 Å². The van der Waals surface area contributed by atoms with Gasteiger partial charge in [-0.3, -0.25) is 9.78 Å². The Kier molecular flexibility index (Phi) is 6.16. The molecule has 1 aromatic carbocycles. The van der Waals surface area contributed by atoms with Gasteiger partial charge in [0, 0.05) is 17.7 Å². The lowest BCUT2D eigenvalue weighted by atomic mass is 10.0. The molecule has 0 bridgehead atoms. The fourth-order valence-corrected chi connectivity index (χ4v) is 2.64. The summed E-state index contributed by atoms with van der Waals surface area (Å²) < 4.78 is 6.15. The zero-order valence-corrected chi connectivity index (χ0v) is 14.8. The molecule has 0 aliphatic carbocycles. The number of aromatic amines is 2. The van der Waals surface area contributed by atoms with Crippen molar-refractivity contribution in [2.75, 3.05) is 6.61 Å². The van der Waals surface area contributed by atoms with Gasteiger partial charge >= 0.3 is 0 Å². The van der Waals surface area contributed by atoms with Crippen LogP contribution in [-0.4, -0.2) is 16.6 Å². The molecule has 2 rings (SSSR count). The molecule has 23 heavy (non-hydrogen) atoms. The van der Waals surface area contributed by atoms with E-state index in [0.717, 1.165) is 35.4 Å². The average molecular weight is 332 g/mol.